The lowest BCUT2D eigenvalue weighted by Gasteiger charge is -2.10. The minimum atomic E-state index is -0.184. The Labute approximate surface area is 116 Å². The molecule has 0 unspecified atom stereocenters. The van der Waals surface area contributed by atoms with Gasteiger partial charge in [-0.2, -0.15) is 0 Å². The standard InChI is InChI=1S/C19H13F/c1-12-16-9-7-15(20)10-14(16)11-19-17(12)8-6-13-4-2-3-5-18(13)19/h2-11H,1H3. The van der Waals surface area contributed by atoms with Crippen LogP contribution in [0.25, 0.3) is 32.3 Å². The minimum absolute atomic E-state index is 0.184. The molecule has 0 amide bonds. The van der Waals surface area contributed by atoms with Gasteiger partial charge in [-0.25, -0.2) is 4.39 Å². The van der Waals surface area contributed by atoms with Crippen molar-refractivity contribution in [3.05, 3.63) is 72.0 Å². The van der Waals surface area contributed by atoms with Crippen LogP contribution in [0.5, 0.6) is 0 Å². The molecular formula is C19H13F. The Morgan fingerprint density at radius 3 is 2.35 bits per heavy atom. The van der Waals surface area contributed by atoms with Gasteiger partial charge >= 0.3 is 0 Å². The molecule has 0 radical (unpaired) electrons. The first-order chi connectivity index (χ1) is 9.74. The van der Waals surface area contributed by atoms with Gasteiger partial charge in [0.1, 0.15) is 5.82 Å². The molecule has 4 aromatic carbocycles. The van der Waals surface area contributed by atoms with Crippen molar-refractivity contribution < 1.29 is 4.39 Å². The molecule has 0 aliphatic rings. The van der Waals surface area contributed by atoms with Crippen LogP contribution < -0.4 is 0 Å². The highest BCUT2D eigenvalue weighted by Gasteiger charge is 2.07. The molecule has 0 atom stereocenters. The molecule has 0 fully saturated rings. The second-order valence-corrected chi connectivity index (χ2v) is 5.25. The first kappa shape index (κ1) is 11.4. The van der Waals surface area contributed by atoms with Crippen molar-refractivity contribution in [3.8, 4) is 0 Å². The summed E-state index contributed by atoms with van der Waals surface area (Å²) in [4.78, 5) is 0. The average Bonchev–Trinajstić information content (AvgIpc) is 2.47. The highest BCUT2D eigenvalue weighted by atomic mass is 19.1. The Balaban J connectivity index is 2.29. The molecule has 0 spiro atoms. The Hall–Kier alpha value is -2.41. The summed E-state index contributed by atoms with van der Waals surface area (Å²) >= 11 is 0. The number of rotatable bonds is 0. The van der Waals surface area contributed by atoms with Crippen LogP contribution >= 0.6 is 0 Å². The highest BCUT2D eigenvalue weighted by Crippen LogP contribution is 2.32. The van der Waals surface area contributed by atoms with Crippen LogP contribution in [0, 0.1) is 12.7 Å². The SMILES string of the molecule is Cc1c2ccc(F)cc2cc2c1ccc1ccccc12. The van der Waals surface area contributed by atoms with Gasteiger partial charge in [-0.05, 0) is 63.0 Å². The summed E-state index contributed by atoms with van der Waals surface area (Å²) in [6.45, 7) is 2.11. The number of benzene rings is 4. The number of aryl methyl sites for hydroxylation is 1. The van der Waals surface area contributed by atoms with Gasteiger partial charge in [0.25, 0.3) is 0 Å². The maximum Gasteiger partial charge on any atom is 0.123 e. The van der Waals surface area contributed by atoms with Crippen LogP contribution in [0.2, 0.25) is 0 Å². The van der Waals surface area contributed by atoms with Crippen molar-refractivity contribution >= 4 is 32.3 Å². The van der Waals surface area contributed by atoms with E-state index in [1.54, 1.807) is 6.07 Å². The molecule has 0 aliphatic heterocycles. The number of fused-ring (bicyclic) bond motifs is 4. The zero-order chi connectivity index (χ0) is 13.7. The summed E-state index contributed by atoms with van der Waals surface area (Å²) in [6, 6.07) is 19.8. The summed E-state index contributed by atoms with van der Waals surface area (Å²) in [6.07, 6.45) is 0. The smallest absolute Gasteiger partial charge is 0.123 e. The Morgan fingerprint density at radius 1 is 0.650 bits per heavy atom. The molecule has 96 valence electrons. The Morgan fingerprint density at radius 2 is 1.45 bits per heavy atom. The zero-order valence-corrected chi connectivity index (χ0v) is 11.2. The lowest BCUT2D eigenvalue weighted by Crippen LogP contribution is -1.86. The van der Waals surface area contributed by atoms with Gasteiger partial charge in [0.2, 0.25) is 0 Å². The van der Waals surface area contributed by atoms with E-state index in [1.165, 1.54) is 33.2 Å². The van der Waals surface area contributed by atoms with Gasteiger partial charge in [-0.15, -0.1) is 0 Å². The van der Waals surface area contributed by atoms with Crippen LogP contribution in [0.1, 0.15) is 5.56 Å². The molecule has 0 saturated heterocycles. The highest BCUT2D eigenvalue weighted by molar-refractivity contribution is 6.13. The maximum absolute atomic E-state index is 13.5. The quantitative estimate of drug-likeness (QED) is 0.285. The van der Waals surface area contributed by atoms with Crippen LogP contribution in [0.3, 0.4) is 0 Å². The predicted octanol–water partition coefficient (Wildman–Crippen LogP) is 5.59. The first-order valence-electron chi connectivity index (χ1n) is 6.74. The van der Waals surface area contributed by atoms with Gasteiger partial charge in [0, 0.05) is 0 Å². The molecule has 4 rings (SSSR count). The van der Waals surface area contributed by atoms with E-state index in [1.807, 2.05) is 18.2 Å². The second-order valence-electron chi connectivity index (χ2n) is 5.25. The Bertz CT molecular complexity index is 967. The summed E-state index contributed by atoms with van der Waals surface area (Å²) in [5, 5.41) is 6.96. The molecule has 0 N–H and O–H groups in total. The monoisotopic (exact) mass is 260 g/mol. The lowest BCUT2D eigenvalue weighted by atomic mass is 9.94. The van der Waals surface area contributed by atoms with Crippen LogP contribution in [0.4, 0.5) is 4.39 Å². The molecule has 0 aromatic heterocycles. The van der Waals surface area contributed by atoms with E-state index in [-0.39, 0.29) is 5.82 Å². The van der Waals surface area contributed by atoms with E-state index in [2.05, 4.69) is 37.3 Å². The van der Waals surface area contributed by atoms with Gasteiger partial charge in [0.15, 0.2) is 0 Å². The summed E-state index contributed by atoms with van der Waals surface area (Å²) in [5.74, 6) is -0.184. The van der Waals surface area contributed by atoms with E-state index in [4.69, 9.17) is 0 Å². The van der Waals surface area contributed by atoms with Crippen LogP contribution in [-0.4, -0.2) is 0 Å². The molecular weight excluding hydrogens is 247 g/mol. The predicted molar refractivity (Wildman–Crippen MR) is 83.7 cm³/mol. The number of halogens is 1. The van der Waals surface area contributed by atoms with E-state index in [9.17, 15) is 4.39 Å². The largest absolute Gasteiger partial charge is 0.207 e. The third-order valence-corrected chi connectivity index (χ3v) is 4.09. The van der Waals surface area contributed by atoms with E-state index >= 15 is 0 Å². The van der Waals surface area contributed by atoms with E-state index in [0.29, 0.717) is 0 Å². The van der Waals surface area contributed by atoms with Crippen LogP contribution in [-0.2, 0) is 0 Å². The van der Waals surface area contributed by atoms with E-state index in [0.717, 1.165) is 10.8 Å². The normalized spacial score (nSPS) is 11.5. The summed E-state index contributed by atoms with van der Waals surface area (Å²) < 4.78 is 13.5. The third-order valence-electron chi connectivity index (χ3n) is 4.09. The summed E-state index contributed by atoms with van der Waals surface area (Å²) in [5.41, 5.74) is 1.21. The fourth-order valence-corrected chi connectivity index (χ4v) is 3.07. The minimum Gasteiger partial charge on any atom is -0.207 e. The van der Waals surface area contributed by atoms with Crippen molar-refractivity contribution in [2.45, 2.75) is 6.92 Å². The second kappa shape index (κ2) is 4.04. The van der Waals surface area contributed by atoms with E-state index < -0.39 is 0 Å². The zero-order valence-electron chi connectivity index (χ0n) is 11.2. The molecule has 0 bridgehead atoms. The molecule has 20 heavy (non-hydrogen) atoms. The summed E-state index contributed by atoms with van der Waals surface area (Å²) in [7, 11) is 0. The molecule has 4 aromatic rings. The van der Waals surface area contributed by atoms with Crippen LogP contribution in [0.15, 0.2) is 60.7 Å². The number of hydrogen-bond donors (Lipinski definition) is 0. The van der Waals surface area contributed by atoms with Crippen molar-refractivity contribution in [3.63, 3.8) is 0 Å². The lowest BCUT2D eigenvalue weighted by molar-refractivity contribution is 0.630. The third kappa shape index (κ3) is 1.53. The molecule has 0 aliphatic carbocycles. The molecule has 0 heterocycles. The van der Waals surface area contributed by atoms with Gasteiger partial charge in [-0.1, -0.05) is 42.5 Å². The number of hydrogen-bond acceptors (Lipinski definition) is 0. The molecule has 1 heteroatoms. The molecule has 0 nitrogen and oxygen atoms in total. The fraction of sp³-hybridized carbons (Fsp3) is 0.0526. The molecule has 0 saturated carbocycles. The van der Waals surface area contributed by atoms with Crippen molar-refractivity contribution in [1.82, 2.24) is 0 Å². The first-order valence-corrected chi connectivity index (χ1v) is 6.74. The Kier molecular flexibility index (Phi) is 2.31. The topological polar surface area (TPSA) is 0 Å². The van der Waals surface area contributed by atoms with Gasteiger partial charge in [-0.3, -0.25) is 0 Å². The van der Waals surface area contributed by atoms with Gasteiger partial charge in [0.05, 0.1) is 0 Å². The average molecular weight is 260 g/mol. The fourth-order valence-electron chi connectivity index (χ4n) is 3.07. The van der Waals surface area contributed by atoms with Crippen molar-refractivity contribution in [2.75, 3.05) is 0 Å². The van der Waals surface area contributed by atoms with Crippen molar-refractivity contribution in [1.29, 1.82) is 0 Å². The van der Waals surface area contributed by atoms with Gasteiger partial charge < -0.3 is 0 Å². The maximum atomic E-state index is 13.5. The van der Waals surface area contributed by atoms with Crippen molar-refractivity contribution in [2.24, 2.45) is 0 Å².